The number of carbonyl (C=O) groups is 1. The molecule has 3 nitrogen and oxygen atoms in total. The summed E-state index contributed by atoms with van der Waals surface area (Å²) in [5.41, 5.74) is 0.804. The number of hydrogen-bond donors (Lipinski definition) is 0. The zero-order chi connectivity index (χ0) is 10.1. The van der Waals surface area contributed by atoms with Crippen LogP contribution in [0.2, 0.25) is 0 Å². The molecule has 70 valence electrons. The van der Waals surface area contributed by atoms with Crippen molar-refractivity contribution in [2.45, 2.75) is 6.92 Å². The number of hydrogen-bond acceptors (Lipinski definition) is 3. The highest BCUT2D eigenvalue weighted by atomic mass is 19.1. The molecule has 0 fully saturated rings. The predicted octanol–water partition coefficient (Wildman–Crippen LogP) is 1.89. The standard InChI is InChI=1S/C10H7FN2O/c1-6-7-3-2-4-8(11)10(7)13-9(5-14)12-6/h2-5H,1H3. The van der Waals surface area contributed by atoms with Crippen LogP contribution in [0, 0.1) is 12.7 Å². The summed E-state index contributed by atoms with van der Waals surface area (Å²) in [6.07, 6.45) is 0.513. The lowest BCUT2D eigenvalue weighted by atomic mass is 10.2. The SMILES string of the molecule is Cc1nc(C=O)nc2c(F)cccc12. The van der Waals surface area contributed by atoms with E-state index in [-0.39, 0.29) is 11.3 Å². The first kappa shape index (κ1) is 8.74. The van der Waals surface area contributed by atoms with Gasteiger partial charge in [0.05, 0.1) is 0 Å². The first-order chi connectivity index (χ1) is 6.72. The van der Waals surface area contributed by atoms with Crippen molar-refractivity contribution in [2.24, 2.45) is 0 Å². The molecule has 2 aromatic rings. The second kappa shape index (κ2) is 3.14. The molecule has 0 aliphatic rings. The number of aldehydes is 1. The van der Waals surface area contributed by atoms with Gasteiger partial charge < -0.3 is 0 Å². The van der Waals surface area contributed by atoms with Crippen LogP contribution in [0.1, 0.15) is 16.3 Å². The van der Waals surface area contributed by atoms with Gasteiger partial charge in [-0.2, -0.15) is 0 Å². The van der Waals surface area contributed by atoms with Gasteiger partial charge in [0.1, 0.15) is 11.3 Å². The highest BCUT2D eigenvalue weighted by Gasteiger charge is 2.06. The number of aryl methyl sites for hydroxylation is 1. The van der Waals surface area contributed by atoms with E-state index in [9.17, 15) is 9.18 Å². The van der Waals surface area contributed by atoms with Crippen molar-refractivity contribution in [1.29, 1.82) is 0 Å². The summed E-state index contributed by atoms with van der Waals surface area (Å²) in [6.45, 7) is 1.72. The summed E-state index contributed by atoms with van der Waals surface area (Å²) >= 11 is 0. The Labute approximate surface area is 79.6 Å². The Morgan fingerprint density at radius 1 is 1.36 bits per heavy atom. The zero-order valence-electron chi connectivity index (χ0n) is 7.49. The zero-order valence-corrected chi connectivity index (χ0v) is 7.49. The van der Waals surface area contributed by atoms with Crippen molar-refractivity contribution in [1.82, 2.24) is 9.97 Å². The highest BCUT2D eigenvalue weighted by Crippen LogP contribution is 2.17. The van der Waals surface area contributed by atoms with E-state index in [1.807, 2.05) is 0 Å². The van der Waals surface area contributed by atoms with Gasteiger partial charge in [-0.1, -0.05) is 12.1 Å². The largest absolute Gasteiger partial charge is 0.294 e. The molecule has 1 heterocycles. The van der Waals surface area contributed by atoms with E-state index >= 15 is 0 Å². The quantitative estimate of drug-likeness (QED) is 0.645. The van der Waals surface area contributed by atoms with Crippen LogP contribution in [-0.2, 0) is 0 Å². The summed E-state index contributed by atoms with van der Waals surface area (Å²) < 4.78 is 13.3. The number of halogens is 1. The van der Waals surface area contributed by atoms with Crippen molar-refractivity contribution in [2.75, 3.05) is 0 Å². The molecule has 14 heavy (non-hydrogen) atoms. The Hall–Kier alpha value is -1.84. The van der Waals surface area contributed by atoms with Gasteiger partial charge in [-0.15, -0.1) is 0 Å². The molecule has 0 radical (unpaired) electrons. The molecule has 0 unspecified atom stereocenters. The molecule has 0 spiro atoms. The van der Waals surface area contributed by atoms with Gasteiger partial charge in [0, 0.05) is 11.1 Å². The lowest BCUT2D eigenvalue weighted by Gasteiger charge is -2.01. The maximum atomic E-state index is 13.3. The Bertz CT molecular complexity index is 511. The van der Waals surface area contributed by atoms with E-state index in [1.165, 1.54) is 6.07 Å². The van der Waals surface area contributed by atoms with E-state index in [1.54, 1.807) is 19.1 Å². The Kier molecular flexibility index (Phi) is 1.96. The molecule has 4 heteroatoms. The molecule has 1 aromatic heterocycles. The average molecular weight is 190 g/mol. The monoisotopic (exact) mass is 190 g/mol. The number of benzene rings is 1. The fraction of sp³-hybridized carbons (Fsp3) is 0.100. The molecule has 0 amide bonds. The van der Waals surface area contributed by atoms with Crippen LogP contribution >= 0.6 is 0 Å². The van der Waals surface area contributed by atoms with Crippen LogP contribution in [0.4, 0.5) is 4.39 Å². The summed E-state index contributed by atoms with van der Waals surface area (Å²) in [5, 5.41) is 0.635. The van der Waals surface area contributed by atoms with Gasteiger partial charge in [-0.05, 0) is 13.0 Å². The smallest absolute Gasteiger partial charge is 0.193 e. The molecule has 0 atom stereocenters. The fourth-order valence-electron chi connectivity index (χ4n) is 1.35. The van der Waals surface area contributed by atoms with Crippen LogP contribution in [0.25, 0.3) is 10.9 Å². The molecule has 0 bridgehead atoms. The molecular weight excluding hydrogens is 183 g/mol. The van der Waals surface area contributed by atoms with Crippen LogP contribution < -0.4 is 0 Å². The van der Waals surface area contributed by atoms with E-state index in [2.05, 4.69) is 9.97 Å². The molecule has 0 N–H and O–H groups in total. The number of aromatic nitrogens is 2. The van der Waals surface area contributed by atoms with Gasteiger partial charge in [0.2, 0.25) is 0 Å². The van der Waals surface area contributed by atoms with Crippen LogP contribution in [0.5, 0.6) is 0 Å². The van der Waals surface area contributed by atoms with Crippen LogP contribution in [-0.4, -0.2) is 16.3 Å². The van der Waals surface area contributed by atoms with E-state index < -0.39 is 5.82 Å². The lowest BCUT2D eigenvalue weighted by molar-refractivity contribution is 0.111. The summed E-state index contributed by atoms with van der Waals surface area (Å²) in [4.78, 5) is 18.2. The Morgan fingerprint density at radius 2 is 2.14 bits per heavy atom. The first-order valence-electron chi connectivity index (χ1n) is 4.10. The third-order valence-electron chi connectivity index (χ3n) is 1.99. The third kappa shape index (κ3) is 1.25. The van der Waals surface area contributed by atoms with E-state index in [4.69, 9.17) is 0 Å². The summed E-state index contributed by atoms with van der Waals surface area (Å²) in [5.74, 6) is -0.420. The highest BCUT2D eigenvalue weighted by molar-refractivity contribution is 5.84. The second-order valence-corrected chi connectivity index (χ2v) is 2.92. The number of rotatable bonds is 1. The second-order valence-electron chi connectivity index (χ2n) is 2.92. The minimum Gasteiger partial charge on any atom is -0.294 e. The molecule has 2 rings (SSSR count). The maximum Gasteiger partial charge on any atom is 0.193 e. The average Bonchev–Trinajstić information content (AvgIpc) is 2.19. The first-order valence-corrected chi connectivity index (χ1v) is 4.10. The van der Waals surface area contributed by atoms with Gasteiger partial charge in [-0.25, -0.2) is 14.4 Å². The molecule has 1 aromatic carbocycles. The van der Waals surface area contributed by atoms with E-state index in [0.717, 1.165) is 0 Å². The minimum atomic E-state index is -0.434. The summed E-state index contributed by atoms with van der Waals surface area (Å²) in [7, 11) is 0. The Morgan fingerprint density at radius 3 is 2.86 bits per heavy atom. The van der Waals surface area contributed by atoms with E-state index in [0.29, 0.717) is 17.4 Å². The maximum absolute atomic E-state index is 13.3. The molecule has 0 saturated heterocycles. The number of para-hydroxylation sites is 1. The van der Waals surface area contributed by atoms with Crippen molar-refractivity contribution in [3.63, 3.8) is 0 Å². The van der Waals surface area contributed by atoms with Crippen molar-refractivity contribution >= 4 is 17.2 Å². The lowest BCUT2D eigenvalue weighted by Crippen LogP contribution is -1.98. The van der Waals surface area contributed by atoms with Crippen LogP contribution in [0.3, 0.4) is 0 Å². The van der Waals surface area contributed by atoms with Gasteiger partial charge in [0.25, 0.3) is 0 Å². The molecule has 0 aliphatic carbocycles. The van der Waals surface area contributed by atoms with Gasteiger partial charge in [0.15, 0.2) is 12.1 Å². The fourth-order valence-corrected chi connectivity index (χ4v) is 1.35. The normalized spacial score (nSPS) is 10.4. The molecule has 0 aliphatic heterocycles. The van der Waals surface area contributed by atoms with Crippen molar-refractivity contribution in [3.05, 3.63) is 35.5 Å². The van der Waals surface area contributed by atoms with Gasteiger partial charge >= 0.3 is 0 Å². The molecule has 0 saturated carbocycles. The number of fused-ring (bicyclic) bond motifs is 1. The third-order valence-corrected chi connectivity index (χ3v) is 1.99. The topological polar surface area (TPSA) is 42.9 Å². The Balaban J connectivity index is 2.90. The van der Waals surface area contributed by atoms with Gasteiger partial charge in [-0.3, -0.25) is 4.79 Å². The van der Waals surface area contributed by atoms with Crippen molar-refractivity contribution in [3.8, 4) is 0 Å². The number of nitrogens with zero attached hydrogens (tertiary/aromatic N) is 2. The van der Waals surface area contributed by atoms with Crippen molar-refractivity contribution < 1.29 is 9.18 Å². The minimum absolute atomic E-state index is 0.0140. The molecular formula is C10H7FN2O. The number of carbonyl (C=O) groups excluding carboxylic acids is 1. The van der Waals surface area contributed by atoms with Crippen LogP contribution in [0.15, 0.2) is 18.2 Å². The summed E-state index contributed by atoms with van der Waals surface area (Å²) in [6, 6.07) is 4.63. The predicted molar refractivity (Wildman–Crippen MR) is 49.6 cm³/mol.